The number of primary amides is 1. The molecule has 1 unspecified atom stereocenters. The maximum Gasteiger partial charge on any atom is 0.223 e. The van der Waals surface area contributed by atoms with Crippen molar-refractivity contribution in [2.24, 2.45) is 17.6 Å². The highest BCUT2D eigenvalue weighted by Gasteiger charge is 2.22. The zero-order valence-electron chi connectivity index (χ0n) is 9.53. The second-order valence-corrected chi connectivity index (χ2v) is 4.57. The van der Waals surface area contributed by atoms with Crippen LogP contribution in [-0.2, 0) is 9.59 Å². The summed E-state index contributed by atoms with van der Waals surface area (Å²) in [5, 5.41) is 0. The lowest BCUT2D eigenvalue weighted by atomic mass is 9.98. The fourth-order valence-electron chi connectivity index (χ4n) is 1.75. The van der Waals surface area contributed by atoms with Gasteiger partial charge in [0.05, 0.1) is 0 Å². The number of nitrogens with two attached hydrogens (primary N) is 1. The SMILES string of the molecule is CC1CCN(C(=O)CC(C)C(N)=O)CC1. The van der Waals surface area contributed by atoms with E-state index in [1.165, 1.54) is 0 Å². The van der Waals surface area contributed by atoms with Crippen LogP contribution in [0.4, 0.5) is 0 Å². The summed E-state index contributed by atoms with van der Waals surface area (Å²) >= 11 is 0. The predicted octanol–water partition coefficient (Wildman–Crippen LogP) is 0.756. The number of piperidine rings is 1. The second-order valence-electron chi connectivity index (χ2n) is 4.57. The van der Waals surface area contributed by atoms with E-state index in [1.54, 1.807) is 6.92 Å². The lowest BCUT2D eigenvalue weighted by Crippen LogP contribution is -2.39. The van der Waals surface area contributed by atoms with Gasteiger partial charge in [-0.2, -0.15) is 0 Å². The van der Waals surface area contributed by atoms with Crippen LogP contribution in [0.3, 0.4) is 0 Å². The Labute approximate surface area is 90.8 Å². The third-order valence-electron chi connectivity index (χ3n) is 3.10. The molecule has 1 saturated heterocycles. The summed E-state index contributed by atoms with van der Waals surface area (Å²) < 4.78 is 0. The maximum absolute atomic E-state index is 11.7. The number of carbonyl (C=O) groups excluding carboxylic acids is 2. The van der Waals surface area contributed by atoms with Gasteiger partial charge in [0, 0.05) is 25.4 Å². The van der Waals surface area contributed by atoms with E-state index in [2.05, 4.69) is 6.92 Å². The van der Waals surface area contributed by atoms with Crippen molar-refractivity contribution in [3.05, 3.63) is 0 Å². The Morgan fingerprint density at radius 3 is 2.40 bits per heavy atom. The molecule has 0 radical (unpaired) electrons. The monoisotopic (exact) mass is 212 g/mol. The zero-order chi connectivity index (χ0) is 11.4. The van der Waals surface area contributed by atoms with Crippen molar-refractivity contribution in [3.63, 3.8) is 0 Å². The van der Waals surface area contributed by atoms with E-state index in [9.17, 15) is 9.59 Å². The smallest absolute Gasteiger partial charge is 0.223 e. The molecule has 0 spiro atoms. The minimum atomic E-state index is -0.395. The number of carbonyl (C=O) groups is 2. The molecule has 2 amide bonds. The lowest BCUT2D eigenvalue weighted by molar-refractivity contribution is -0.136. The molecule has 0 saturated carbocycles. The van der Waals surface area contributed by atoms with Gasteiger partial charge in [0.15, 0.2) is 0 Å². The number of amides is 2. The Morgan fingerprint density at radius 1 is 1.40 bits per heavy atom. The lowest BCUT2D eigenvalue weighted by Gasteiger charge is -2.30. The van der Waals surface area contributed by atoms with Crippen LogP contribution >= 0.6 is 0 Å². The van der Waals surface area contributed by atoms with E-state index in [4.69, 9.17) is 5.73 Å². The summed E-state index contributed by atoms with van der Waals surface area (Å²) in [5.74, 6) is 0.0291. The Hall–Kier alpha value is -1.06. The molecular formula is C11H20N2O2. The molecule has 0 bridgehead atoms. The highest BCUT2D eigenvalue weighted by molar-refractivity contribution is 5.84. The third-order valence-corrected chi connectivity index (χ3v) is 3.10. The van der Waals surface area contributed by atoms with Gasteiger partial charge >= 0.3 is 0 Å². The van der Waals surface area contributed by atoms with Gasteiger partial charge in [0.25, 0.3) is 0 Å². The summed E-state index contributed by atoms with van der Waals surface area (Å²) in [6, 6.07) is 0. The van der Waals surface area contributed by atoms with E-state index < -0.39 is 5.91 Å². The number of hydrogen-bond donors (Lipinski definition) is 1. The third kappa shape index (κ3) is 3.53. The van der Waals surface area contributed by atoms with Crippen molar-refractivity contribution in [3.8, 4) is 0 Å². The van der Waals surface area contributed by atoms with Gasteiger partial charge in [0.1, 0.15) is 0 Å². The molecule has 0 aromatic rings. The molecule has 1 fully saturated rings. The standard InChI is InChI=1S/C11H20N2O2/c1-8-3-5-13(6-4-8)10(14)7-9(2)11(12)15/h8-9H,3-7H2,1-2H3,(H2,12,15). The van der Waals surface area contributed by atoms with Crippen LogP contribution in [0.15, 0.2) is 0 Å². The molecule has 1 atom stereocenters. The first-order valence-electron chi connectivity index (χ1n) is 5.57. The number of hydrogen-bond acceptors (Lipinski definition) is 2. The fourth-order valence-corrected chi connectivity index (χ4v) is 1.75. The summed E-state index contributed by atoms with van der Waals surface area (Å²) in [5.41, 5.74) is 5.13. The van der Waals surface area contributed by atoms with E-state index in [1.807, 2.05) is 4.90 Å². The molecule has 1 rings (SSSR count). The molecule has 1 heterocycles. The van der Waals surface area contributed by atoms with Crippen LogP contribution in [0.1, 0.15) is 33.1 Å². The van der Waals surface area contributed by atoms with Crippen molar-refractivity contribution in [2.45, 2.75) is 33.1 Å². The van der Waals surface area contributed by atoms with Crippen LogP contribution in [0.2, 0.25) is 0 Å². The quantitative estimate of drug-likeness (QED) is 0.750. The van der Waals surface area contributed by atoms with Crippen molar-refractivity contribution in [1.82, 2.24) is 4.90 Å². The van der Waals surface area contributed by atoms with Crippen molar-refractivity contribution in [2.75, 3.05) is 13.1 Å². The first-order chi connectivity index (χ1) is 7.00. The molecule has 1 aliphatic rings. The summed E-state index contributed by atoms with van der Waals surface area (Å²) in [7, 11) is 0. The highest BCUT2D eigenvalue weighted by Crippen LogP contribution is 2.17. The molecule has 0 aliphatic carbocycles. The maximum atomic E-state index is 11.7. The number of rotatable bonds is 3. The van der Waals surface area contributed by atoms with Crippen molar-refractivity contribution >= 4 is 11.8 Å². The summed E-state index contributed by atoms with van der Waals surface area (Å²) in [6.45, 7) is 5.55. The topological polar surface area (TPSA) is 63.4 Å². The molecule has 1 aliphatic heterocycles. The zero-order valence-corrected chi connectivity index (χ0v) is 9.53. The molecule has 0 aromatic carbocycles. The predicted molar refractivity (Wildman–Crippen MR) is 58.0 cm³/mol. The van der Waals surface area contributed by atoms with Gasteiger partial charge in [-0.05, 0) is 18.8 Å². The van der Waals surface area contributed by atoms with E-state index >= 15 is 0 Å². The van der Waals surface area contributed by atoms with E-state index in [0.29, 0.717) is 5.92 Å². The molecule has 86 valence electrons. The minimum Gasteiger partial charge on any atom is -0.369 e. The average Bonchev–Trinajstić information content (AvgIpc) is 2.18. The van der Waals surface area contributed by atoms with Crippen LogP contribution in [0, 0.1) is 11.8 Å². The molecule has 4 heteroatoms. The van der Waals surface area contributed by atoms with Crippen molar-refractivity contribution in [1.29, 1.82) is 0 Å². The van der Waals surface area contributed by atoms with Crippen LogP contribution in [-0.4, -0.2) is 29.8 Å². The number of nitrogens with zero attached hydrogens (tertiary/aromatic N) is 1. The summed E-state index contributed by atoms with van der Waals surface area (Å²) in [4.78, 5) is 24.4. The normalized spacial score (nSPS) is 20.0. The van der Waals surface area contributed by atoms with Gasteiger partial charge in [0.2, 0.25) is 11.8 Å². The molecule has 0 aromatic heterocycles. The highest BCUT2D eigenvalue weighted by atomic mass is 16.2. The Bertz CT molecular complexity index is 245. The van der Waals surface area contributed by atoms with Crippen LogP contribution in [0.25, 0.3) is 0 Å². The minimum absolute atomic E-state index is 0.0631. The van der Waals surface area contributed by atoms with E-state index in [0.717, 1.165) is 25.9 Å². The first kappa shape index (κ1) is 12.0. The van der Waals surface area contributed by atoms with Gasteiger partial charge in [-0.3, -0.25) is 9.59 Å². The Balaban J connectivity index is 2.37. The van der Waals surface area contributed by atoms with Gasteiger partial charge in [-0.15, -0.1) is 0 Å². The summed E-state index contributed by atoms with van der Waals surface area (Å²) in [6.07, 6.45) is 2.39. The van der Waals surface area contributed by atoms with Crippen LogP contribution in [0.5, 0.6) is 0 Å². The molecule has 4 nitrogen and oxygen atoms in total. The Morgan fingerprint density at radius 2 is 1.93 bits per heavy atom. The first-order valence-corrected chi connectivity index (χ1v) is 5.57. The largest absolute Gasteiger partial charge is 0.369 e. The van der Waals surface area contributed by atoms with Crippen molar-refractivity contribution < 1.29 is 9.59 Å². The molecule has 2 N–H and O–H groups in total. The van der Waals surface area contributed by atoms with E-state index in [-0.39, 0.29) is 18.2 Å². The molecular weight excluding hydrogens is 192 g/mol. The molecule has 15 heavy (non-hydrogen) atoms. The Kier molecular flexibility index (Phi) is 4.12. The van der Waals surface area contributed by atoms with Crippen LogP contribution < -0.4 is 5.73 Å². The fraction of sp³-hybridized carbons (Fsp3) is 0.818. The number of likely N-dealkylation sites (tertiary alicyclic amines) is 1. The second kappa shape index (κ2) is 5.14. The van der Waals surface area contributed by atoms with Gasteiger partial charge in [-0.25, -0.2) is 0 Å². The van der Waals surface area contributed by atoms with Gasteiger partial charge in [-0.1, -0.05) is 13.8 Å². The average molecular weight is 212 g/mol. The van der Waals surface area contributed by atoms with Gasteiger partial charge < -0.3 is 10.6 Å².